The lowest BCUT2D eigenvalue weighted by Gasteiger charge is -2.17. The molecular weight excluding hydrogens is 274 g/mol. The van der Waals surface area contributed by atoms with Gasteiger partial charge in [0, 0.05) is 6.42 Å². The van der Waals surface area contributed by atoms with Gasteiger partial charge in [0.05, 0.1) is 11.5 Å². The number of rotatable bonds is 8. The van der Waals surface area contributed by atoms with Gasteiger partial charge in [-0.05, 0) is 50.7 Å². The standard InChI is InChI=1S/C19H23NO2/c1-19(13-14-19)18(21)22-17(10-6-3-7-15-20)12-11-16-8-4-2-5-9-16/h2,4-5,8-9,11-12,17H,3,6-7,10,13-14H2,1H3/b12-11+/t17-/m1/s1. The second-order valence-electron chi connectivity index (χ2n) is 6.18. The van der Waals surface area contributed by atoms with Gasteiger partial charge in [-0.2, -0.15) is 5.26 Å². The predicted octanol–water partition coefficient (Wildman–Crippen LogP) is 4.50. The summed E-state index contributed by atoms with van der Waals surface area (Å²) in [7, 11) is 0. The number of nitrogens with zero attached hydrogens (tertiary/aromatic N) is 1. The SMILES string of the molecule is CC1(C(=O)O[C@@H](/C=C/c2ccccc2)CCCCC#N)CC1. The lowest BCUT2D eigenvalue weighted by atomic mass is 10.1. The van der Waals surface area contributed by atoms with Crippen molar-refractivity contribution in [1.29, 1.82) is 5.26 Å². The first kappa shape index (κ1) is 16.3. The summed E-state index contributed by atoms with van der Waals surface area (Å²) in [5.74, 6) is -0.0875. The molecule has 2 rings (SSSR count). The molecule has 1 fully saturated rings. The van der Waals surface area contributed by atoms with Crippen LogP contribution in [0, 0.1) is 16.7 Å². The highest BCUT2D eigenvalue weighted by molar-refractivity contribution is 5.79. The first-order valence-electron chi connectivity index (χ1n) is 7.95. The Morgan fingerprint density at radius 1 is 1.36 bits per heavy atom. The Kier molecular flexibility index (Phi) is 5.77. The van der Waals surface area contributed by atoms with E-state index in [0.29, 0.717) is 6.42 Å². The van der Waals surface area contributed by atoms with Gasteiger partial charge >= 0.3 is 5.97 Å². The van der Waals surface area contributed by atoms with E-state index in [-0.39, 0.29) is 17.5 Å². The van der Waals surface area contributed by atoms with Crippen molar-refractivity contribution in [2.75, 3.05) is 0 Å². The molecule has 3 heteroatoms. The van der Waals surface area contributed by atoms with Crippen molar-refractivity contribution >= 4 is 12.0 Å². The van der Waals surface area contributed by atoms with E-state index in [0.717, 1.165) is 37.7 Å². The summed E-state index contributed by atoms with van der Waals surface area (Å²) >= 11 is 0. The van der Waals surface area contributed by atoms with Crippen LogP contribution in [0.5, 0.6) is 0 Å². The minimum absolute atomic E-state index is 0.0875. The minimum atomic E-state index is -0.258. The average Bonchev–Trinajstić information content (AvgIpc) is 3.29. The molecule has 0 amide bonds. The number of hydrogen-bond donors (Lipinski definition) is 0. The minimum Gasteiger partial charge on any atom is -0.458 e. The van der Waals surface area contributed by atoms with Gasteiger partial charge in [-0.25, -0.2) is 0 Å². The third-order valence-electron chi connectivity index (χ3n) is 4.08. The molecule has 0 saturated heterocycles. The van der Waals surface area contributed by atoms with E-state index in [1.54, 1.807) is 0 Å². The fraction of sp³-hybridized carbons (Fsp3) is 0.474. The molecule has 0 aliphatic heterocycles. The number of unbranched alkanes of at least 4 members (excludes halogenated alkanes) is 2. The van der Waals surface area contributed by atoms with Crippen LogP contribution in [0.15, 0.2) is 36.4 Å². The van der Waals surface area contributed by atoms with E-state index in [4.69, 9.17) is 10.00 Å². The van der Waals surface area contributed by atoms with E-state index in [9.17, 15) is 4.79 Å². The predicted molar refractivity (Wildman–Crippen MR) is 86.8 cm³/mol. The summed E-state index contributed by atoms with van der Waals surface area (Å²) in [6, 6.07) is 12.1. The van der Waals surface area contributed by atoms with Crippen molar-refractivity contribution in [1.82, 2.24) is 0 Å². The highest BCUT2D eigenvalue weighted by Gasteiger charge is 2.47. The van der Waals surface area contributed by atoms with Crippen LogP contribution in [0.25, 0.3) is 6.08 Å². The molecule has 0 bridgehead atoms. The van der Waals surface area contributed by atoms with Crippen molar-refractivity contribution in [3.63, 3.8) is 0 Å². The molecule has 1 aromatic carbocycles. The number of nitriles is 1. The number of carbonyl (C=O) groups excluding carboxylic acids is 1. The van der Waals surface area contributed by atoms with Gasteiger partial charge < -0.3 is 4.74 Å². The summed E-state index contributed by atoms with van der Waals surface area (Å²) in [5, 5.41) is 8.59. The van der Waals surface area contributed by atoms with Crippen LogP contribution in [0.4, 0.5) is 0 Å². The average molecular weight is 297 g/mol. The van der Waals surface area contributed by atoms with E-state index >= 15 is 0 Å². The van der Waals surface area contributed by atoms with Crippen molar-refractivity contribution in [3.05, 3.63) is 42.0 Å². The first-order valence-corrected chi connectivity index (χ1v) is 7.95. The van der Waals surface area contributed by atoms with Crippen LogP contribution < -0.4 is 0 Å². The molecule has 116 valence electrons. The van der Waals surface area contributed by atoms with Crippen molar-refractivity contribution in [2.45, 2.75) is 51.6 Å². The lowest BCUT2D eigenvalue weighted by Crippen LogP contribution is -2.22. The monoisotopic (exact) mass is 297 g/mol. The molecule has 1 saturated carbocycles. The number of ether oxygens (including phenoxy) is 1. The quantitative estimate of drug-likeness (QED) is 0.524. The van der Waals surface area contributed by atoms with Gasteiger partial charge in [-0.15, -0.1) is 0 Å². The van der Waals surface area contributed by atoms with Crippen LogP contribution in [0.3, 0.4) is 0 Å². The molecule has 1 atom stereocenters. The number of benzene rings is 1. The smallest absolute Gasteiger partial charge is 0.312 e. The van der Waals surface area contributed by atoms with Crippen molar-refractivity contribution < 1.29 is 9.53 Å². The maximum absolute atomic E-state index is 12.1. The van der Waals surface area contributed by atoms with Gasteiger partial charge in [-0.3, -0.25) is 4.79 Å². The Balaban J connectivity index is 1.93. The number of esters is 1. The Morgan fingerprint density at radius 3 is 2.73 bits per heavy atom. The number of carbonyl (C=O) groups is 1. The Morgan fingerprint density at radius 2 is 2.09 bits per heavy atom. The Hall–Kier alpha value is -2.08. The van der Waals surface area contributed by atoms with Gasteiger partial charge in [0.1, 0.15) is 6.10 Å². The van der Waals surface area contributed by atoms with E-state index in [2.05, 4.69) is 6.07 Å². The summed E-state index contributed by atoms with van der Waals surface area (Å²) in [5.41, 5.74) is 0.837. The lowest BCUT2D eigenvalue weighted by molar-refractivity contribution is -0.153. The van der Waals surface area contributed by atoms with Gasteiger partial charge in [-0.1, -0.05) is 36.4 Å². The molecule has 1 aliphatic carbocycles. The maximum atomic E-state index is 12.1. The van der Waals surface area contributed by atoms with Crippen LogP contribution in [0.2, 0.25) is 0 Å². The third kappa shape index (κ3) is 5.04. The normalized spacial score (nSPS) is 16.9. The highest BCUT2D eigenvalue weighted by atomic mass is 16.5. The van der Waals surface area contributed by atoms with E-state index in [1.807, 2.05) is 49.4 Å². The number of hydrogen-bond acceptors (Lipinski definition) is 3. The molecule has 0 radical (unpaired) electrons. The summed E-state index contributed by atoms with van der Waals surface area (Å²) < 4.78 is 5.67. The highest BCUT2D eigenvalue weighted by Crippen LogP contribution is 2.46. The molecule has 1 aliphatic rings. The van der Waals surface area contributed by atoms with E-state index in [1.165, 1.54) is 0 Å². The third-order valence-corrected chi connectivity index (χ3v) is 4.08. The molecule has 0 unspecified atom stereocenters. The van der Waals surface area contributed by atoms with Gasteiger partial charge in [0.15, 0.2) is 0 Å². The molecular formula is C19H23NO2. The fourth-order valence-electron chi connectivity index (χ4n) is 2.20. The summed E-state index contributed by atoms with van der Waals surface area (Å²) in [4.78, 5) is 12.1. The first-order chi connectivity index (χ1) is 10.6. The zero-order valence-electron chi connectivity index (χ0n) is 13.1. The summed E-state index contributed by atoms with van der Waals surface area (Å²) in [6.45, 7) is 1.96. The Bertz CT molecular complexity index is 553. The maximum Gasteiger partial charge on any atom is 0.312 e. The van der Waals surface area contributed by atoms with Crippen LogP contribution >= 0.6 is 0 Å². The van der Waals surface area contributed by atoms with Gasteiger partial charge in [0.25, 0.3) is 0 Å². The molecule has 0 heterocycles. The zero-order chi connectivity index (χ0) is 15.8. The molecule has 0 aromatic heterocycles. The molecule has 0 spiro atoms. The molecule has 1 aromatic rings. The van der Waals surface area contributed by atoms with Gasteiger partial charge in [0.2, 0.25) is 0 Å². The molecule has 3 nitrogen and oxygen atoms in total. The zero-order valence-corrected chi connectivity index (χ0v) is 13.1. The Labute approximate surface area is 132 Å². The van der Waals surface area contributed by atoms with Crippen molar-refractivity contribution in [3.8, 4) is 6.07 Å². The largest absolute Gasteiger partial charge is 0.458 e. The van der Waals surface area contributed by atoms with Crippen LogP contribution in [0.1, 0.15) is 51.0 Å². The topological polar surface area (TPSA) is 50.1 Å². The fourth-order valence-corrected chi connectivity index (χ4v) is 2.20. The second kappa shape index (κ2) is 7.79. The summed E-state index contributed by atoms with van der Waals surface area (Å²) in [6.07, 6.45) is 8.67. The van der Waals surface area contributed by atoms with Crippen LogP contribution in [-0.4, -0.2) is 12.1 Å². The molecule has 22 heavy (non-hydrogen) atoms. The van der Waals surface area contributed by atoms with Crippen molar-refractivity contribution in [2.24, 2.45) is 5.41 Å². The molecule has 0 N–H and O–H groups in total. The van der Waals surface area contributed by atoms with Crippen LogP contribution in [-0.2, 0) is 9.53 Å². The van der Waals surface area contributed by atoms with E-state index < -0.39 is 0 Å². The second-order valence-corrected chi connectivity index (χ2v) is 6.18.